The number of rotatable bonds is 5. The summed E-state index contributed by atoms with van der Waals surface area (Å²) in [5, 5.41) is 6.77. The van der Waals surface area contributed by atoms with Gasteiger partial charge >= 0.3 is 0 Å². The highest BCUT2D eigenvalue weighted by Crippen LogP contribution is 2.14. The maximum atomic E-state index is 12.6. The Hall–Kier alpha value is -1.92. The highest BCUT2D eigenvalue weighted by molar-refractivity contribution is 7.07. The molecule has 0 saturated carbocycles. The van der Waals surface area contributed by atoms with Crippen LogP contribution in [0, 0.1) is 6.92 Å². The summed E-state index contributed by atoms with van der Waals surface area (Å²) in [6.07, 6.45) is 3.80. The van der Waals surface area contributed by atoms with Gasteiger partial charge in [-0.3, -0.25) is 9.59 Å². The molecule has 1 aliphatic heterocycles. The van der Waals surface area contributed by atoms with Crippen molar-refractivity contribution in [3.05, 3.63) is 56.1 Å². The maximum absolute atomic E-state index is 12.6. The van der Waals surface area contributed by atoms with Crippen LogP contribution in [0.5, 0.6) is 0 Å². The van der Waals surface area contributed by atoms with Crippen molar-refractivity contribution < 1.29 is 9.53 Å². The Labute approximate surface area is 138 Å². The van der Waals surface area contributed by atoms with Gasteiger partial charge in [-0.05, 0) is 53.8 Å². The maximum Gasteiger partial charge on any atom is 0.263 e. The van der Waals surface area contributed by atoms with E-state index in [2.05, 4.69) is 5.32 Å². The number of nitrogens with one attached hydrogen (secondary N) is 1. The molecule has 5 nitrogen and oxygen atoms in total. The standard InChI is InChI=1S/C17H20N2O3S/c1-12-4-6-19(10-14-3-2-7-22-14)17(21)15(12)16(20)18-9-13-5-8-23-11-13/h4-6,8,11,14H,2-3,7,9-10H2,1H3,(H,18,20). The molecule has 2 aromatic heterocycles. The van der Waals surface area contributed by atoms with Crippen LogP contribution in [-0.2, 0) is 17.8 Å². The summed E-state index contributed by atoms with van der Waals surface area (Å²) in [5.74, 6) is -0.319. The highest BCUT2D eigenvalue weighted by Gasteiger charge is 2.20. The Morgan fingerprint density at radius 1 is 1.48 bits per heavy atom. The van der Waals surface area contributed by atoms with Crippen molar-refractivity contribution in [3.8, 4) is 0 Å². The topological polar surface area (TPSA) is 60.3 Å². The van der Waals surface area contributed by atoms with Gasteiger partial charge in [-0.25, -0.2) is 0 Å². The normalized spacial score (nSPS) is 17.3. The molecule has 3 rings (SSSR count). The first-order chi connectivity index (χ1) is 11.1. The number of carbonyl (C=O) groups is 1. The predicted octanol–water partition coefficient (Wildman–Crippen LogP) is 2.33. The average molecular weight is 332 g/mol. The number of hydrogen-bond donors (Lipinski definition) is 1. The lowest BCUT2D eigenvalue weighted by atomic mass is 10.1. The minimum Gasteiger partial charge on any atom is -0.376 e. The SMILES string of the molecule is Cc1ccn(CC2CCCO2)c(=O)c1C(=O)NCc1ccsc1. The van der Waals surface area contributed by atoms with Crippen LogP contribution in [0.25, 0.3) is 0 Å². The molecular formula is C17H20N2O3S. The molecule has 0 aliphatic carbocycles. The lowest BCUT2D eigenvalue weighted by molar-refractivity contribution is 0.0928. The van der Waals surface area contributed by atoms with Crippen LogP contribution < -0.4 is 10.9 Å². The van der Waals surface area contributed by atoms with Gasteiger partial charge in [-0.2, -0.15) is 11.3 Å². The van der Waals surface area contributed by atoms with Crippen LogP contribution in [0.2, 0.25) is 0 Å². The van der Waals surface area contributed by atoms with E-state index in [1.165, 1.54) is 0 Å². The number of amides is 1. The van der Waals surface area contributed by atoms with E-state index in [0.717, 1.165) is 25.0 Å². The molecule has 0 bridgehead atoms. The predicted molar refractivity (Wildman–Crippen MR) is 89.9 cm³/mol. The fourth-order valence-electron chi connectivity index (χ4n) is 2.76. The van der Waals surface area contributed by atoms with E-state index >= 15 is 0 Å². The van der Waals surface area contributed by atoms with Crippen molar-refractivity contribution in [3.63, 3.8) is 0 Å². The quantitative estimate of drug-likeness (QED) is 0.914. The van der Waals surface area contributed by atoms with Gasteiger partial charge in [0.1, 0.15) is 5.56 Å². The molecule has 0 radical (unpaired) electrons. The van der Waals surface area contributed by atoms with E-state index < -0.39 is 0 Å². The molecule has 23 heavy (non-hydrogen) atoms. The van der Waals surface area contributed by atoms with E-state index in [0.29, 0.717) is 18.7 Å². The largest absolute Gasteiger partial charge is 0.376 e. The number of aryl methyl sites for hydroxylation is 1. The summed E-state index contributed by atoms with van der Waals surface area (Å²) < 4.78 is 7.17. The number of carbonyl (C=O) groups excluding carboxylic acids is 1. The summed E-state index contributed by atoms with van der Waals surface area (Å²) in [5.41, 5.74) is 1.71. The van der Waals surface area contributed by atoms with Gasteiger partial charge in [0.05, 0.1) is 12.6 Å². The van der Waals surface area contributed by atoms with E-state index in [1.54, 1.807) is 29.0 Å². The van der Waals surface area contributed by atoms with Crippen molar-refractivity contribution in [2.24, 2.45) is 0 Å². The van der Waals surface area contributed by atoms with Gasteiger partial charge in [0.2, 0.25) is 0 Å². The second-order valence-corrected chi connectivity index (χ2v) is 6.56. The van der Waals surface area contributed by atoms with Crippen molar-refractivity contribution in [1.82, 2.24) is 9.88 Å². The van der Waals surface area contributed by atoms with Crippen LogP contribution in [0.1, 0.15) is 34.3 Å². The van der Waals surface area contributed by atoms with Gasteiger partial charge < -0.3 is 14.6 Å². The second-order valence-electron chi connectivity index (χ2n) is 5.78. The first kappa shape index (κ1) is 16.0. The lowest BCUT2D eigenvalue weighted by Gasteiger charge is -2.14. The van der Waals surface area contributed by atoms with Crippen molar-refractivity contribution in [1.29, 1.82) is 0 Å². The minimum absolute atomic E-state index is 0.0668. The fraction of sp³-hybridized carbons (Fsp3) is 0.412. The number of hydrogen-bond acceptors (Lipinski definition) is 4. The van der Waals surface area contributed by atoms with Crippen LogP contribution in [-0.4, -0.2) is 23.2 Å². The molecule has 1 atom stereocenters. The summed E-state index contributed by atoms with van der Waals surface area (Å²) in [4.78, 5) is 25.0. The lowest BCUT2D eigenvalue weighted by Crippen LogP contribution is -2.35. The zero-order valence-corrected chi connectivity index (χ0v) is 13.9. The van der Waals surface area contributed by atoms with E-state index in [9.17, 15) is 9.59 Å². The monoisotopic (exact) mass is 332 g/mol. The minimum atomic E-state index is -0.319. The molecule has 6 heteroatoms. The number of ether oxygens (including phenoxy) is 1. The van der Waals surface area contributed by atoms with Crippen molar-refractivity contribution >= 4 is 17.2 Å². The summed E-state index contributed by atoms with van der Waals surface area (Å²) >= 11 is 1.58. The van der Waals surface area contributed by atoms with Crippen molar-refractivity contribution in [2.45, 2.75) is 39.0 Å². The Morgan fingerprint density at radius 3 is 3.04 bits per heavy atom. The van der Waals surface area contributed by atoms with Gasteiger partial charge in [0, 0.05) is 19.3 Å². The molecule has 1 N–H and O–H groups in total. The van der Waals surface area contributed by atoms with Gasteiger partial charge in [0.25, 0.3) is 11.5 Å². The Kier molecular flexibility index (Phi) is 4.93. The molecule has 1 unspecified atom stereocenters. The zero-order chi connectivity index (χ0) is 16.2. The van der Waals surface area contributed by atoms with Gasteiger partial charge in [-0.15, -0.1) is 0 Å². The van der Waals surface area contributed by atoms with Crippen LogP contribution in [0.4, 0.5) is 0 Å². The first-order valence-corrected chi connectivity index (χ1v) is 8.70. The summed E-state index contributed by atoms with van der Waals surface area (Å²) in [6, 6.07) is 3.77. The smallest absolute Gasteiger partial charge is 0.263 e. The van der Waals surface area contributed by atoms with E-state index in [4.69, 9.17) is 4.74 Å². The van der Waals surface area contributed by atoms with Crippen LogP contribution in [0.3, 0.4) is 0 Å². The van der Waals surface area contributed by atoms with Gasteiger partial charge in [-0.1, -0.05) is 0 Å². The molecule has 3 heterocycles. The highest BCUT2D eigenvalue weighted by atomic mass is 32.1. The molecule has 2 aromatic rings. The first-order valence-electron chi connectivity index (χ1n) is 7.76. The summed E-state index contributed by atoms with van der Waals surface area (Å²) in [6.45, 7) is 3.47. The third-order valence-corrected chi connectivity index (χ3v) is 4.79. The Balaban J connectivity index is 1.77. The third kappa shape index (κ3) is 3.71. The molecule has 1 amide bonds. The number of pyridine rings is 1. The van der Waals surface area contributed by atoms with Gasteiger partial charge in [0.15, 0.2) is 0 Å². The number of aromatic nitrogens is 1. The summed E-state index contributed by atoms with van der Waals surface area (Å²) in [7, 11) is 0. The molecular weight excluding hydrogens is 312 g/mol. The van der Waals surface area contributed by atoms with E-state index in [1.807, 2.05) is 22.9 Å². The Morgan fingerprint density at radius 2 is 2.35 bits per heavy atom. The molecule has 0 spiro atoms. The van der Waals surface area contributed by atoms with Crippen LogP contribution >= 0.6 is 11.3 Å². The molecule has 1 aliphatic rings. The molecule has 1 fully saturated rings. The second kappa shape index (κ2) is 7.10. The van der Waals surface area contributed by atoms with Crippen LogP contribution in [0.15, 0.2) is 33.9 Å². The zero-order valence-electron chi connectivity index (χ0n) is 13.1. The Bertz CT molecular complexity index is 731. The fourth-order valence-corrected chi connectivity index (χ4v) is 3.43. The molecule has 122 valence electrons. The number of nitrogens with zero attached hydrogens (tertiary/aromatic N) is 1. The molecule has 0 aromatic carbocycles. The third-order valence-electron chi connectivity index (χ3n) is 4.06. The average Bonchev–Trinajstić information content (AvgIpc) is 3.21. The van der Waals surface area contributed by atoms with E-state index in [-0.39, 0.29) is 23.1 Å². The van der Waals surface area contributed by atoms with Crippen molar-refractivity contribution in [2.75, 3.05) is 6.61 Å². The molecule has 1 saturated heterocycles. The number of thiophene rings is 1.